The minimum Gasteiger partial charge on any atom is -0.478 e. The number of benzene rings is 1. The lowest BCUT2D eigenvalue weighted by molar-refractivity contribution is 0.0695. The van der Waals surface area contributed by atoms with Crippen molar-refractivity contribution >= 4 is 12.0 Å². The summed E-state index contributed by atoms with van der Waals surface area (Å²) in [5.41, 5.74) is 1.31. The Morgan fingerprint density at radius 2 is 2.00 bits per heavy atom. The van der Waals surface area contributed by atoms with E-state index in [4.69, 9.17) is 5.11 Å². The van der Waals surface area contributed by atoms with Crippen molar-refractivity contribution < 1.29 is 9.90 Å². The fourth-order valence-corrected chi connectivity index (χ4v) is 2.85. The number of rotatable bonds is 5. The highest BCUT2D eigenvalue weighted by atomic mass is 16.4. The van der Waals surface area contributed by atoms with Crippen molar-refractivity contribution in [2.45, 2.75) is 18.9 Å². The number of hydrogen-bond donors (Lipinski definition) is 1. The average molecular weight is 309 g/mol. The standard InChI is InChI=1S/C18H19N3O2/c22-18(23)15-12-19-17(20-13-15)16-9-5-11-21(16)10-4-8-14-6-2-1-3-7-14/h1-4,6-8,12-13,16H,5,9-11H2,(H,22,23)/b8-4+. The fraction of sp³-hybridized carbons (Fsp3) is 0.278. The van der Waals surface area contributed by atoms with Crippen LogP contribution in [0.2, 0.25) is 0 Å². The van der Waals surface area contributed by atoms with Gasteiger partial charge in [0.2, 0.25) is 0 Å². The molecule has 0 radical (unpaired) electrons. The van der Waals surface area contributed by atoms with Crippen molar-refractivity contribution in [1.29, 1.82) is 0 Å². The van der Waals surface area contributed by atoms with Crippen LogP contribution in [-0.4, -0.2) is 39.0 Å². The summed E-state index contributed by atoms with van der Waals surface area (Å²) in [6.07, 6.45) is 9.16. The van der Waals surface area contributed by atoms with Crippen LogP contribution in [0.5, 0.6) is 0 Å². The number of aromatic carboxylic acids is 1. The highest BCUT2D eigenvalue weighted by molar-refractivity contribution is 5.86. The smallest absolute Gasteiger partial charge is 0.338 e. The lowest BCUT2D eigenvalue weighted by atomic mass is 10.2. The fourth-order valence-electron chi connectivity index (χ4n) is 2.85. The van der Waals surface area contributed by atoms with Gasteiger partial charge >= 0.3 is 5.97 Å². The Morgan fingerprint density at radius 3 is 2.70 bits per heavy atom. The van der Waals surface area contributed by atoms with Crippen molar-refractivity contribution in [2.24, 2.45) is 0 Å². The van der Waals surface area contributed by atoms with E-state index in [2.05, 4.69) is 39.2 Å². The Balaban J connectivity index is 1.65. The molecular weight excluding hydrogens is 290 g/mol. The normalized spacial score (nSPS) is 18.5. The molecule has 0 amide bonds. The highest BCUT2D eigenvalue weighted by Gasteiger charge is 2.27. The zero-order valence-electron chi connectivity index (χ0n) is 12.8. The Morgan fingerprint density at radius 1 is 1.26 bits per heavy atom. The third-order valence-electron chi connectivity index (χ3n) is 4.03. The summed E-state index contributed by atoms with van der Waals surface area (Å²) in [4.78, 5) is 21.7. The van der Waals surface area contributed by atoms with Crippen LogP contribution < -0.4 is 0 Å². The van der Waals surface area contributed by atoms with Gasteiger partial charge in [-0.2, -0.15) is 0 Å². The van der Waals surface area contributed by atoms with Crippen molar-refractivity contribution in [3.05, 3.63) is 65.8 Å². The molecule has 23 heavy (non-hydrogen) atoms. The molecule has 1 atom stereocenters. The Labute approximate surface area is 135 Å². The second kappa shape index (κ2) is 7.15. The first-order chi connectivity index (χ1) is 11.2. The molecule has 1 aliphatic heterocycles. The lowest BCUT2D eigenvalue weighted by Gasteiger charge is -2.21. The minimum atomic E-state index is -0.995. The van der Waals surface area contributed by atoms with Gasteiger partial charge in [0.25, 0.3) is 0 Å². The Hall–Kier alpha value is -2.53. The molecular formula is C18H19N3O2. The molecule has 1 aromatic heterocycles. The monoisotopic (exact) mass is 309 g/mol. The first kappa shape index (κ1) is 15.4. The topological polar surface area (TPSA) is 66.3 Å². The largest absolute Gasteiger partial charge is 0.478 e. The van der Waals surface area contributed by atoms with E-state index in [0.717, 1.165) is 25.9 Å². The molecule has 0 bridgehead atoms. The number of likely N-dealkylation sites (tertiary alicyclic amines) is 1. The van der Waals surface area contributed by atoms with Crippen molar-refractivity contribution in [2.75, 3.05) is 13.1 Å². The van der Waals surface area contributed by atoms with Crippen LogP contribution >= 0.6 is 0 Å². The molecule has 3 rings (SSSR count). The number of nitrogens with zero attached hydrogens (tertiary/aromatic N) is 3. The number of carbonyl (C=O) groups is 1. The van der Waals surface area contributed by atoms with E-state index in [1.807, 2.05) is 18.2 Å². The van der Waals surface area contributed by atoms with Gasteiger partial charge in [-0.15, -0.1) is 0 Å². The van der Waals surface area contributed by atoms with Crippen LogP contribution in [0, 0.1) is 0 Å². The maximum absolute atomic E-state index is 10.9. The van der Waals surface area contributed by atoms with Gasteiger partial charge in [0.15, 0.2) is 0 Å². The molecule has 0 aliphatic carbocycles. The van der Waals surface area contributed by atoms with E-state index in [0.29, 0.717) is 5.82 Å². The summed E-state index contributed by atoms with van der Waals surface area (Å²) in [6, 6.07) is 10.4. The summed E-state index contributed by atoms with van der Waals surface area (Å²) < 4.78 is 0. The Bertz CT molecular complexity index is 683. The zero-order chi connectivity index (χ0) is 16.1. The van der Waals surface area contributed by atoms with Crippen LogP contribution in [0.15, 0.2) is 48.8 Å². The number of aromatic nitrogens is 2. The van der Waals surface area contributed by atoms with E-state index >= 15 is 0 Å². The van der Waals surface area contributed by atoms with Gasteiger partial charge in [-0.25, -0.2) is 14.8 Å². The molecule has 0 saturated carbocycles. The summed E-state index contributed by atoms with van der Waals surface area (Å²) >= 11 is 0. The van der Waals surface area contributed by atoms with Gasteiger partial charge in [-0.05, 0) is 24.9 Å². The van der Waals surface area contributed by atoms with Crippen molar-refractivity contribution in [1.82, 2.24) is 14.9 Å². The first-order valence-electron chi connectivity index (χ1n) is 7.75. The van der Waals surface area contributed by atoms with E-state index in [-0.39, 0.29) is 11.6 Å². The van der Waals surface area contributed by atoms with Crippen LogP contribution in [0.3, 0.4) is 0 Å². The van der Waals surface area contributed by atoms with Crippen molar-refractivity contribution in [3.63, 3.8) is 0 Å². The third-order valence-corrected chi connectivity index (χ3v) is 4.03. The first-order valence-corrected chi connectivity index (χ1v) is 7.75. The highest BCUT2D eigenvalue weighted by Crippen LogP contribution is 2.29. The zero-order valence-corrected chi connectivity index (χ0v) is 12.8. The minimum absolute atomic E-state index is 0.127. The van der Waals surface area contributed by atoms with E-state index < -0.39 is 5.97 Å². The van der Waals surface area contributed by atoms with Crippen LogP contribution in [0.1, 0.15) is 40.6 Å². The molecule has 1 fully saturated rings. The molecule has 1 aromatic carbocycles. The molecule has 2 aromatic rings. The van der Waals surface area contributed by atoms with Gasteiger partial charge in [-0.1, -0.05) is 42.5 Å². The van der Waals surface area contributed by atoms with Gasteiger partial charge in [0.1, 0.15) is 5.82 Å². The van der Waals surface area contributed by atoms with Crippen LogP contribution in [0.4, 0.5) is 0 Å². The van der Waals surface area contributed by atoms with Gasteiger partial charge < -0.3 is 5.11 Å². The molecule has 1 N–H and O–H groups in total. The quantitative estimate of drug-likeness (QED) is 0.919. The number of carboxylic acids is 1. The predicted octanol–water partition coefficient (Wildman–Crippen LogP) is 3.03. The van der Waals surface area contributed by atoms with Gasteiger partial charge in [-0.3, -0.25) is 4.90 Å². The molecule has 118 valence electrons. The van der Waals surface area contributed by atoms with Crippen LogP contribution in [0.25, 0.3) is 6.08 Å². The van der Waals surface area contributed by atoms with Gasteiger partial charge in [0, 0.05) is 18.9 Å². The summed E-state index contributed by atoms with van der Waals surface area (Å²) in [6.45, 7) is 1.84. The lowest BCUT2D eigenvalue weighted by Crippen LogP contribution is -2.24. The van der Waals surface area contributed by atoms with Crippen LogP contribution in [-0.2, 0) is 0 Å². The molecule has 5 heteroatoms. The molecule has 1 aliphatic rings. The summed E-state index contributed by atoms with van der Waals surface area (Å²) in [7, 11) is 0. The third kappa shape index (κ3) is 3.81. The second-order valence-electron chi connectivity index (χ2n) is 5.60. The summed E-state index contributed by atoms with van der Waals surface area (Å²) in [5.74, 6) is -0.286. The van der Waals surface area contributed by atoms with Gasteiger partial charge in [0.05, 0.1) is 11.6 Å². The average Bonchev–Trinajstić information content (AvgIpc) is 3.04. The second-order valence-corrected chi connectivity index (χ2v) is 5.60. The summed E-state index contributed by atoms with van der Waals surface area (Å²) in [5, 5.41) is 8.92. The number of carboxylic acid groups (broad SMARTS) is 1. The molecule has 2 heterocycles. The molecule has 1 saturated heterocycles. The molecule has 5 nitrogen and oxygen atoms in total. The predicted molar refractivity (Wildman–Crippen MR) is 88.0 cm³/mol. The number of hydrogen-bond acceptors (Lipinski definition) is 4. The Kier molecular flexibility index (Phi) is 4.78. The molecule has 0 spiro atoms. The SMILES string of the molecule is O=C(O)c1cnc(C2CCCN2C/C=C/c2ccccc2)nc1. The van der Waals surface area contributed by atoms with E-state index in [9.17, 15) is 4.79 Å². The molecule has 1 unspecified atom stereocenters. The van der Waals surface area contributed by atoms with E-state index in [1.54, 1.807) is 0 Å². The maximum Gasteiger partial charge on any atom is 0.338 e. The van der Waals surface area contributed by atoms with Crippen molar-refractivity contribution in [3.8, 4) is 0 Å². The maximum atomic E-state index is 10.9. The van der Waals surface area contributed by atoms with E-state index in [1.165, 1.54) is 18.0 Å².